The van der Waals surface area contributed by atoms with Gasteiger partial charge < -0.3 is 10.4 Å². The summed E-state index contributed by atoms with van der Waals surface area (Å²) in [6.45, 7) is -1.34. The molecule has 4 aromatic rings. The van der Waals surface area contributed by atoms with Gasteiger partial charge in [0.1, 0.15) is 12.9 Å². The number of aromatic nitrogens is 7. The van der Waals surface area contributed by atoms with Gasteiger partial charge in [0, 0.05) is 22.7 Å². The Labute approximate surface area is 217 Å². The molecule has 0 aliphatic heterocycles. The second-order valence-corrected chi connectivity index (χ2v) is 9.12. The van der Waals surface area contributed by atoms with Gasteiger partial charge in [0.05, 0.1) is 12.2 Å². The van der Waals surface area contributed by atoms with Crippen LogP contribution in [0.5, 0.6) is 0 Å². The molecule has 3 heterocycles. The molecule has 198 valence electrons. The topological polar surface area (TPSA) is 133 Å². The van der Waals surface area contributed by atoms with Gasteiger partial charge in [-0.3, -0.25) is 9.36 Å². The Morgan fingerprint density at radius 1 is 1.16 bits per heavy atom. The van der Waals surface area contributed by atoms with Crippen LogP contribution in [0.25, 0.3) is 17.2 Å². The van der Waals surface area contributed by atoms with Gasteiger partial charge in [0.25, 0.3) is 0 Å². The van der Waals surface area contributed by atoms with Crippen LogP contribution in [-0.2, 0) is 17.9 Å². The molecule has 1 aliphatic carbocycles. The van der Waals surface area contributed by atoms with Crippen molar-refractivity contribution >= 4 is 23.2 Å². The normalized spacial score (nSPS) is 14.4. The Balaban J connectivity index is 1.45. The minimum absolute atomic E-state index is 0.0259. The molecule has 11 nitrogen and oxygen atoms in total. The molecule has 1 fully saturated rings. The highest BCUT2D eigenvalue weighted by molar-refractivity contribution is 6.30. The van der Waals surface area contributed by atoms with Gasteiger partial charge in [-0.15, -0.1) is 10.2 Å². The summed E-state index contributed by atoms with van der Waals surface area (Å²) in [6, 6.07) is 9.32. The van der Waals surface area contributed by atoms with Gasteiger partial charge in [0.15, 0.2) is 23.6 Å². The number of alkyl halides is 3. The molecule has 15 heteroatoms. The van der Waals surface area contributed by atoms with Crippen LogP contribution < -0.4 is 11.0 Å². The Bertz CT molecular complexity index is 1530. The lowest BCUT2D eigenvalue weighted by Gasteiger charge is -2.15. The van der Waals surface area contributed by atoms with Gasteiger partial charge in [0.2, 0.25) is 5.91 Å². The second-order valence-electron chi connectivity index (χ2n) is 8.68. The third-order valence-corrected chi connectivity index (χ3v) is 6.05. The maximum absolute atomic E-state index is 13.1. The van der Waals surface area contributed by atoms with Crippen molar-refractivity contribution in [1.29, 1.82) is 0 Å². The number of hydrogen-bond acceptors (Lipinski definition) is 7. The van der Waals surface area contributed by atoms with Crippen molar-refractivity contribution in [3.05, 3.63) is 70.3 Å². The van der Waals surface area contributed by atoms with Crippen LogP contribution in [0.15, 0.2) is 53.7 Å². The summed E-state index contributed by atoms with van der Waals surface area (Å²) in [6.07, 6.45) is -3.22. The van der Waals surface area contributed by atoms with E-state index in [0.717, 1.165) is 22.1 Å². The highest BCUT2D eigenvalue weighted by Crippen LogP contribution is 2.31. The van der Waals surface area contributed by atoms with Crippen molar-refractivity contribution in [3.8, 4) is 17.2 Å². The molecule has 0 unspecified atom stereocenters. The van der Waals surface area contributed by atoms with Crippen LogP contribution in [0.4, 0.5) is 18.9 Å². The van der Waals surface area contributed by atoms with Gasteiger partial charge in [-0.05, 0) is 49.2 Å². The molecule has 1 atom stereocenters. The predicted molar refractivity (Wildman–Crippen MR) is 129 cm³/mol. The lowest BCUT2D eigenvalue weighted by Crippen LogP contribution is -2.37. The van der Waals surface area contributed by atoms with E-state index < -0.39 is 24.5 Å². The molecule has 0 radical (unpaired) electrons. The third kappa shape index (κ3) is 5.45. The molecule has 0 saturated heterocycles. The second kappa shape index (κ2) is 10.0. The lowest BCUT2D eigenvalue weighted by molar-refractivity contribution is -0.207. The first-order valence-electron chi connectivity index (χ1n) is 11.5. The van der Waals surface area contributed by atoms with Crippen LogP contribution in [0, 0.1) is 5.92 Å². The van der Waals surface area contributed by atoms with E-state index in [1.54, 1.807) is 12.1 Å². The lowest BCUT2D eigenvalue weighted by atomic mass is 10.2. The third-order valence-electron chi connectivity index (χ3n) is 5.80. The standard InChI is InChI=1S/C23H20ClF3N8O3/c24-15-7-5-13(6-8-15)19-32-34(22(38)33(19)10-17(36)23(25,26)27)11-18-29-12-35(31-18)20-16(2-1-9-28-20)30-21(37)14-3-4-14/h1-2,5-9,12,14,17,36H,3-4,10-11H2,(H,30,37)/t17-/m0/s1. The zero-order valence-corrected chi connectivity index (χ0v) is 20.3. The number of nitrogens with one attached hydrogen (secondary N) is 1. The van der Waals surface area contributed by atoms with Crippen LogP contribution in [-0.4, -0.2) is 57.4 Å². The van der Waals surface area contributed by atoms with Crippen LogP contribution >= 0.6 is 11.6 Å². The van der Waals surface area contributed by atoms with Gasteiger partial charge in [-0.1, -0.05) is 11.6 Å². The molecule has 5 rings (SSSR count). The first kappa shape index (κ1) is 25.6. The fourth-order valence-corrected chi connectivity index (χ4v) is 3.79. The number of rotatable bonds is 8. The largest absolute Gasteiger partial charge is 0.416 e. The average molecular weight is 549 g/mol. The number of aliphatic hydroxyl groups is 1. The summed E-state index contributed by atoms with van der Waals surface area (Å²) >= 11 is 5.91. The molecule has 0 spiro atoms. The molecule has 1 amide bonds. The predicted octanol–water partition coefficient (Wildman–Crippen LogP) is 2.66. The summed E-state index contributed by atoms with van der Waals surface area (Å²) in [7, 11) is 0. The van der Waals surface area contributed by atoms with Crippen molar-refractivity contribution in [2.24, 2.45) is 5.92 Å². The molecule has 2 N–H and O–H groups in total. The molecule has 1 saturated carbocycles. The van der Waals surface area contributed by atoms with E-state index in [0.29, 0.717) is 22.1 Å². The van der Waals surface area contributed by atoms with E-state index in [2.05, 4.69) is 25.5 Å². The number of pyridine rings is 1. The summed E-state index contributed by atoms with van der Waals surface area (Å²) in [4.78, 5) is 33.7. The van der Waals surface area contributed by atoms with E-state index in [1.165, 1.54) is 41.5 Å². The highest BCUT2D eigenvalue weighted by Gasteiger charge is 2.39. The number of anilines is 1. The molecule has 38 heavy (non-hydrogen) atoms. The van der Waals surface area contributed by atoms with E-state index in [4.69, 9.17) is 11.6 Å². The zero-order chi connectivity index (χ0) is 27.0. The van der Waals surface area contributed by atoms with Crippen molar-refractivity contribution < 1.29 is 23.1 Å². The molecule has 0 bridgehead atoms. The van der Waals surface area contributed by atoms with Crippen LogP contribution in [0.3, 0.4) is 0 Å². The summed E-state index contributed by atoms with van der Waals surface area (Å²) in [5, 5.41) is 21.3. The molecule has 1 aliphatic rings. The highest BCUT2D eigenvalue weighted by atomic mass is 35.5. The molecule has 1 aromatic carbocycles. The number of carbonyl (C=O) groups is 1. The van der Waals surface area contributed by atoms with Gasteiger partial charge >= 0.3 is 11.9 Å². The molecule has 3 aromatic heterocycles. The van der Waals surface area contributed by atoms with Crippen LogP contribution in [0.2, 0.25) is 5.02 Å². The monoisotopic (exact) mass is 548 g/mol. The SMILES string of the molecule is O=C(Nc1cccnc1-n1cnc(Cn2nc(-c3ccc(Cl)cc3)n(C[C@H](O)C(F)(F)F)c2=O)n1)C1CC1. The minimum atomic E-state index is -4.94. The van der Waals surface area contributed by atoms with E-state index in [9.17, 15) is 27.9 Å². The summed E-state index contributed by atoms with van der Waals surface area (Å²) < 4.78 is 42.2. The minimum Gasteiger partial charge on any atom is -0.382 e. The fraction of sp³-hybridized carbons (Fsp3) is 0.304. The number of halogens is 4. The first-order valence-corrected chi connectivity index (χ1v) is 11.8. The Kier molecular flexibility index (Phi) is 6.75. The van der Waals surface area contributed by atoms with Crippen LogP contribution in [0.1, 0.15) is 18.7 Å². The number of amides is 1. The average Bonchev–Trinajstić information content (AvgIpc) is 3.57. The number of hydrogen-bond donors (Lipinski definition) is 2. The van der Waals surface area contributed by atoms with Crippen molar-refractivity contribution in [1.82, 2.24) is 34.1 Å². The Hall–Kier alpha value is -4.04. The van der Waals surface area contributed by atoms with Gasteiger partial charge in [-0.2, -0.15) is 13.2 Å². The van der Waals surface area contributed by atoms with E-state index in [-0.39, 0.29) is 30.0 Å². The Morgan fingerprint density at radius 2 is 1.89 bits per heavy atom. The molecular weight excluding hydrogens is 529 g/mol. The number of aliphatic hydroxyl groups excluding tert-OH is 1. The summed E-state index contributed by atoms with van der Waals surface area (Å²) in [5.74, 6) is 0.174. The first-order chi connectivity index (χ1) is 18.1. The zero-order valence-electron chi connectivity index (χ0n) is 19.5. The molecular formula is C23H20ClF3N8O3. The van der Waals surface area contributed by atoms with Crippen molar-refractivity contribution in [2.75, 3.05) is 5.32 Å². The van der Waals surface area contributed by atoms with Crippen molar-refractivity contribution in [3.63, 3.8) is 0 Å². The van der Waals surface area contributed by atoms with E-state index in [1.807, 2.05) is 0 Å². The maximum Gasteiger partial charge on any atom is 0.416 e. The summed E-state index contributed by atoms with van der Waals surface area (Å²) in [5.41, 5.74) is -0.152. The number of carbonyl (C=O) groups excluding carboxylic acids is 1. The number of benzene rings is 1. The maximum atomic E-state index is 13.1. The van der Waals surface area contributed by atoms with Crippen molar-refractivity contribution in [2.45, 2.75) is 38.2 Å². The number of nitrogens with zero attached hydrogens (tertiary/aromatic N) is 7. The van der Waals surface area contributed by atoms with Gasteiger partial charge in [-0.25, -0.2) is 24.1 Å². The quantitative estimate of drug-likeness (QED) is 0.346. The fourth-order valence-electron chi connectivity index (χ4n) is 3.66. The smallest absolute Gasteiger partial charge is 0.382 e. The Morgan fingerprint density at radius 3 is 2.58 bits per heavy atom. The van der Waals surface area contributed by atoms with E-state index >= 15 is 0 Å².